The summed E-state index contributed by atoms with van der Waals surface area (Å²) in [6, 6.07) is -0.626. The third-order valence-electron chi connectivity index (χ3n) is 16.4. The number of unbranched alkanes of at least 4 members (excludes halogenated alkanes) is 51. The highest BCUT2D eigenvalue weighted by Gasteiger charge is 2.18. The fraction of sp³-hybridized carbons (Fsp3) is 0.889. The summed E-state index contributed by atoms with van der Waals surface area (Å²) < 4.78 is 5.50. The van der Waals surface area contributed by atoms with Crippen molar-refractivity contribution in [1.82, 2.24) is 5.32 Å². The van der Waals surface area contributed by atoms with Gasteiger partial charge < -0.3 is 20.3 Å². The number of esters is 1. The number of allylic oxidation sites excluding steroid dienone is 5. The van der Waals surface area contributed by atoms with E-state index >= 15 is 0 Å². The molecule has 0 aromatic rings. The van der Waals surface area contributed by atoms with Crippen molar-refractivity contribution in [1.29, 1.82) is 0 Å². The van der Waals surface area contributed by atoms with Gasteiger partial charge in [-0.1, -0.05) is 326 Å². The number of carbonyl (C=O) groups excluding carboxylic acids is 2. The van der Waals surface area contributed by atoms with Gasteiger partial charge in [-0.05, 0) is 83.5 Å². The molecule has 460 valence electrons. The highest BCUT2D eigenvalue weighted by molar-refractivity contribution is 5.76. The zero-order valence-corrected chi connectivity index (χ0v) is 52.7. The van der Waals surface area contributed by atoms with Gasteiger partial charge >= 0.3 is 5.97 Å². The highest BCUT2D eigenvalue weighted by Crippen LogP contribution is 2.18. The number of rotatable bonds is 66. The summed E-state index contributed by atoms with van der Waals surface area (Å²) >= 11 is 0. The maximum atomic E-state index is 12.5. The molecule has 0 aliphatic carbocycles. The lowest BCUT2D eigenvalue weighted by Crippen LogP contribution is -2.45. The van der Waals surface area contributed by atoms with E-state index in [1.807, 2.05) is 6.08 Å². The van der Waals surface area contributed by atoms with E-state index in [9.17, 15) is 19.8 Å². The van der Waals surface area contributed by atoms with E-state index in [-0.39, 0.29) is 18.5 Å². The van der Waals surface area contributed by atoms with E-state index in [1.54, 1.807) is 6.08 Å². The van der Waals surface area contributed by atoms with Crippen LogP contribution in [0.1, 0.15) is 386 Å². The molecule has 0 aliphatic heterocycles. The molecule has 0 bridgehead atoms. The van der Waals surface area contributed by atoms with Crippen molar-refractivity contribution in [3.8, 4) is 0 Å². The predicted octanol–water partition coefficient (Wildman–Crippen LogP) is 22.7. The summed E-state index contributed by atoms with van der Waals surface area (Å²) in [5, 5.41) is 23.1. The first-order valence-electron chi connectivity index (χ1n) is 35.3. The number of aliphatic hydroxyl groups is 2. The first-order valence-corrected chi connectivity index (χ1v) is 35.3. The molecule has 2 atom stereocenters. The predicted molar refractivity (Wildman–Crippen MR) is 343 cm³/mol. The van der Waals surface area contributed by atoms with Crippen molar-refractivity contribution in [3.05, 3.63) is 36.5 Å². The number of aliphatic hydroxyl groups excluding tert-OH is 2. The van der Waals surface area contributed by atoms with E-state index in [0.717, 1.165) is 44.9 Å². The minimum atomic E-state index is -0.842. The van der Waals surface area contributed by atoms with E-state index in [1.165, 1.54) is 315 Å². The van der Waals surface area contributed by atoms with Crippen LogP contribution in [0.15, 0.2) is 36.5 Å². The zero-order valence-electron chi connectivity index (χ0n) is 52.7. The van der Waals surface area contributed by atoms with Crippen LogP contribution in [0.2, 0.25) is 0 Å². The van der Waals surface area contributed by atoms with Crippen LogP contribution in [-0.4, -0.2) is 47.4 Å². The molecule has 1 amide bonds. The average Bonchev–Trinajstić information content (AvgIpc) is 3.44. The van der Waals surface area contributed by atoms with Gasteiger partial charge in [0.25, 0.3) is 0 Å². The van der Waals surface area contributed by atoms with E-state index < -0.39 is 12.1 Å². The van der Waals surface area contributed by atoms with Crippen LogP contribution in [0.4, 0.5) is 0 Å². The highest BCUT2D eigenvalue weighted by atomic mass is 16.5. The molecule has 78 heavy (non-hydrogen) atoms. The lowest BCUT2D eigenvalue weighted by Gasteiger charge is -2.20. The Labute approximate surface area is 487 Å². The molecule has 0 rings (SSSR count). The van der Waals surface area contributed by atoms with Gasteiger partial charge in [-0.25, -0.2) is 0 Å². The maximum Gasteiger partial charge on any atom is 0.305 e. The molecule has 0 aromatic carbocycles. The monoisotopic (exact) mass is 1100 g/mol. The van der Waals surface area contributed by atoms with Crippen LogP contribution in [0.3, 0.4) is 0 Å². The van der Waals surface area contributed by atoms with Crippen molar-refractivity contribution < 1.29 is 24.5 Å². The van der Waals surface area contributed by atoms with Gasteiger partial charge in [-0.2, -0.15) is 0 Å². The van der Waals surface area contributed by atoms with Crippen LogP contribution in [0.5, 0.6) is 0 Å². The molecular formula is C72H137NO5. The molecule has 0 fully saturated rings. The van der Waals surface area contributed by atoms with Crippen LogP contribution in [-0.2, 0) is 14.3 Å². The van der Waals surface area contributed by atoms with Gasteiger partial charge in [0.1, 0.15) is 0 Å². The molecule has 0 heterocycles. The number of hydrogen-bond donors (Lipinski definition) is 3. The summed E-state index contributed by atoms with van der Waals surface area (Å²) in [4.78, 5) is 24.6. The normalized spacial score (nSPS) is 12.7. The molecule has 2 unspecified atom stereocenters. The summed E-state index contributed by atoms with van der Waals surface area (Å²) in [7, 11) is 0. The quantitative estimate of drug-likeness (QED) is 0.0320. The standard InChI is InChI=1S/C72H137NO5/c1-3-5-7-9-11-13-15-17-18-34-38-42-46-50-54-58-62-66-72(77)78-67-63-59-55-51-47-43-39-36-33-31-29-27-25-23-21-19-20-22-24-26-28-30-32-35-37-41-45-49-53-57-61-65-71(76)73-69(68-74)70(75)64-60-56-52-48-44-40-16-14-12-10-8-6-4-2/h17-18,21,23,60,64,69-70,74-75H,3-16,19-20,22,24-59,61-63,65-68H2,1-2H3,(H,73,76)/b18-17-,23-21-,64-60+. The third-order valence-corrected chi connectivity index (χ3v) is 16.4. The number of hydrogen-bond acceptors (Lipinski definition) is 5. The molecule has 6 nitrogen and oxygen atoms in total. The Kier molecular flexibility index (Phi) is 65.9. The van der Waals surface area contributed by atoms with Gasteiger partial charge in [-0.3, -0.25) is 9.59 Å². The Balaban J connectivity index is 3.35. The summed E-state index contributed by atoms with van der Waals surface area (Å²) in [5.41, 5.74) is 0. The minimum Gasteiger partial charge on any atom is -0.466 e. The second-order valence-corrected chi connectivity index (χ2v) is 24.2. The first-order chi connectivity index (χ1) is 38.5. The first kappa shape index (κ1) is 76.1. The van der Waals surface area contributed by atoms with Gasteiger partial charge in [-0.15, -0.1) is 0 Å². The summed E-state index contributed by atoms with van der Waals surface area (Å²) in [5.74, 6) is -0.0504. The molecular weight excluding hydrogens is 959 g/mol. The number of amides is 1. The Morgan fingerprint density at radius 3 is 0.910 bits per heavy atom. The Morgan fingerprint density at radius 1 is 0.346 bits per heavy atom. The molecule has 0 spiro atoms. The van der Waals surface area contributed by atoms with E-state index in [4.69, 9.17) is 4.74 Å². The topological polar surface area (TPSA) is 95.9 Å². The second-order valence-electron chi connectivity index (χ2n) is 24.2. The van der Waals surface area contributed by atoms with Crippen molar-refractivity contribution in [3.63, 3.8) is 0 Å². The van der Waals surface area contributed by atoms with Gasteiger partial charge in [0.05, 0.1) is 25.4 Å². The maximum absolute atomic E-state index is 12.5. The van der Waals surface area contributed by atoms with Gasteiger partial charge in [0.2, 0.25) is 5.91 Å². The van der Waals surface area contributed by atoms with Crippen LogP contribution in [0, 0.1) is 0 Å². The number of ether oxygens (including phenoxy) is 1. The lowest BCUT2D eigenvalue weighted by atomic mass is 10.0. The third kappa shape index (κ3) is 63.3. The van der Waals surface area contributed by atoms with Gasteiger partial charge in [0.15, 0.2) is 0 Å². The zero-order chi connectivity index (χ0) is 56.4. The lowest BCUT2D eigenvalue weighted by molar-refractivity contribution is -0.143. The number of carbonyl (C=O) groups is 2. The SMILES string of the molecule is CCCCCCCC/C=C\CCCCCCCCCC(=O)OCCCCCCCCCCCCCC/C=C\CCCCCCCCCCCCCCCCCC(=O)NC(CO)C(O)/C=C/CCCCCCCCCCCCC. The van der Waals surface area contributed by atoms with Crippen molar-refractivity contribution in [2.24, 2.45) is 0 Å². The fourth-order valence-electron chi connectivity index (χ4n) is 11.0. The Morgan fingerprint density at radius 2 is 0.603 bits per heavy atom. The van der Waals surface area contributed by atoms with E-state index in [0.29, 0.717) is 19.4 Å². The average molecular weight is 1100 g/mol. The Hall–Kier alpha value is -1.92. The molecule has 0 radical (unpaired) electrons. The Bertz CT molecular complexity index is 1260. The van der Waals surface area contributed by atoms with Crippen molar-refractivity contribution in [2.75, 3.05) is 13.2 Å². The molecule has 0 aliphatic rings. The fourth-order valence-corrected chi connectivity index (χ4v) is 11.0. The van der Waals surface area contributed by atoms with Crippen LogP contribution in [0.25, 0.3) is 0 Å². The smallest absolute Gasteiger partial charge is 0.305 e. The summed E-state index contributed by atoms with van der Waals surface area (Å²) in [6.45, 7) is 4.92. The van der Waals surface area contributed by atoms with Crippen molar-refractivity contribution in [2.45, 2.75) is 398 Å². The molecule has 6 heteroatoms. The second kappa shape index (κ2) is 67.6. The number of nitrogens with one attached hydrogen (secondary N) is 1. The molecule has 0 saturated heterocycles. The minimum absolute atomic E-state index is 0.0144. The van der Waals surface area contributed by atoms with E-state index in [2.05, 4.69) is 43.5 Å². The molecule has 0 saturated carbocycles. The molecule has 0 aromatic heterocycles. The van der Waals surface area contributed by atoms with Crippen molar-refractivity contribution >= 4 is 11.9 Å². The largest absolute Gasteiger partial charge is 0.466 e. The molecule has 3 N–H and O–H groups in total. The summed E-state index contributed by atoms with van der Waals surface area (Å²) in [6.07, 6.45) is 86.6. The van der Waals surface area contributed by atoms with Gasteiger partial charge in [0, 0.05) is 12.8 Å². The van der Waals surface area contributed by atoms with Crippen LogP contribution >= 0.6 is 0 Å². The van der Waals surface area contributed by atoms with Crippen LogP contribution < -0.4 is 5.32 Å².